The minimum atomic E-state index is 0.0417. The molecule has 1 heterocycles. The van der Waals surface area contributed by atoms with Crippen LogP contribution in [0.15, 0.2) is 24.5 Å². The average Bonchev–Trinajstić information content (AvgIpc) is 2.11. The fourth-order valence-electron chi connectivity index (χ4n) is 0.278. The zero-order chi connectivity index (χ0) is 7.11. The SMILES string of the molecule is N=C(N)[Se].c1cc[nH]c1. The molecule has 4 N–H and O–H groups in total. The van der Waals surface area contributed by atoms with Crippen molar-refractivity contribution in [1.82, 2.24) is 4.98 Å². The van der Waals surface area contributed by atoms with Crippen LogP contribution in [0.25, 0.3) is 0 Å². The van der Waals surface area contributed by atoms with Gasteiger partial charge in [0.2, 0.25) is 0 Å². The van der Waals surface area contributed by atoms with Gasteiger partial charge in [0.1, 0.15) is 0 Å². The second-order valence-electron chi connectivity index (χ2n) is 1.25. The number of hydrogen-bond donors (Lipinski definition) is 3. The van der Waals surface area contributed by atoms with Gasteiger partial charge >= 0.3 is 31.9 Å². The van der Waals surface area contributed by atoms with Crippen LogP contribution in [0, 0.1) is 5.41 Å². The molecule has 1 aromatic heterocycles. The van der Waals surface area contributed by atoms with E-state index in [4.69, 9.17) is 5.41 Å². The van der Waals surface area contributed by atoms with E-state index < -0.39 is 0 Å². The normalized spacial score (nSPS) is 7.11. The fraction of sp³-hybridized carbons (Fsp3) is 0. The zero-order valence-electron chi connectivity index (χ0n) is 4.79. The van der Waals surface area contributed by atoms with E-state index in [0.717, 1.165) is 0 Å². The maximum atomic E-state index is 6.22. The van der Waals surface area contributed by atoms with E-state index in [1.807, 2.05) is 24.5 Å². The van der Waals surface area contributed by atoms with Crippen LogP contribution >= 0.6 is 0 Å². The van der Waals surface area contributed by atoms with Crippen molar-refractivity contribution in [3.63, 3.8) is 0 Å². The Bertz CT molecular complexity index is 126. The zero-order valence-corrected chi connectivity index (χ0v) is 6.51. The molecule has 3 nitrogen and oxygen atoms in total. The molecule has 0 aliphatic heterocycles. The molecule has 0 aliphatic rings. The molecular formula is C5H8N3Se. The van der Waals surface area contributed by atoms with Crippen molar-refractivity contribution in [1.29, 1.82) is 5.41 Å². The Labute approximate surface area is 62.0 Å². The number of hydrogen-bond acceptors (Lipinski definition) is 1. The maximum absolute atomic E-state index is 6.22. The summed E-state index contributed by atoms with van der Waals surface area (Å²) in [5.74, 6) is 0. The second kappa shape index (κ2) is 5.41. The van der Waals surface area contributed by atoms with Crippen LogP contribution in [0.3, 0.4) is 0 Å². The van der Waals surface area contributed by atoms with Crippen molar-refractivity contribution in [2.24, 2.45) is 5.73 Å². The molecule has 0 fully saturated rings. The molecule has 0 saturated carbocycles. The summed E-state index contributed by atoms with van der Waals surface area (Å²) >= 11 is 2.26. The number of aromatic amines is 1. The van der Waals surface area contributed by atoms with E-state index in [2.05, 4.69) is 26.7 Å². The van der Waals surface area contributed by atoms with Gasteiger partial charge in [-0.15, -0.1) is 0 Å². The van der Waals surface area contributed by atoms with Gasteiger partial charge in [-0.3, -0.25) is 0 Å². The summed E-state index contributed by atoms with van der Waals surface area (Å²) in [6, 6.07) is 3.89. The van der Waals surface area contributed by atoms with Gasteiger partial charge < -0.3 is 4.98 Å². The average molecular weight is 189 g/mol. The Balaban J connectivity index is 0.000000148. The van der Waals surface area contributed by atoms with Crippen LogP contribution in [-0.4, -0.2) is 25.7 Å². The first-order chi connectivity index (χ1) is 4.23. The third kappa shape index (κ3) is 11.1. The monoisotopic (exact) mass is 190 g/mol. The Morgan fingerprint density at radius 2 is 1.78 bits per heavy atom. The first-order valence-corrected chi connectivity index (χ1v) is 3.18. The summed E-state index contributed by atoms with van der Waals surface area (Å²) in [7, 11) is 0. The van der Waals surface area contributed by atoms with Gasteiger partial charge in [-0.2, -0.15) is 0 Å². The van der Waals surface area contributed by atoms with E-state index in [9.17, 15) is 0 Å². The molecule has 0 bridgehead atoms. The van der Waals surface area contributed by atoms with Gasteiger partial charge in [0, 0.05) is 12.4 Å². The van der Waals surface area contributed by atoms with Crippen LogP contribution in [0.1, 0.15) is 0 Å². The van der Waals surface area contributed by atoms with E-state index in [0.29, 0.717) is 0 Å². The number of amidine groups is 1. The Morgan fingerprint density at radius 1 is 1.44 bits per heavy atom. The molecule has 0 saturated heterocycles. The molecule has 4 heteroatoms. The molecule has 0 atom stereocenters. The predicted octanol–water partition coefficient (Wildman–Crippen LogP) is 0.0631. The quantitative estimate of drug-likeness (QED) is 0.301. The summed E-state index contributed by atoms with van der Waals surface area (Å²) in [5, 5.41) is 6.22. The number of aromatic nitrogens is 1. The molecule has 1 aromatic rings. The van der Waals surface area contributed by atoms with Crippen molar-refractivity contribution in [2.45, 2.75) is 0 Å². The van der Waals surface area contributed by atoms with Crippen LogP contribution in [-0.2, 0) is 0 Å². The first-order valence-electron chi connectivity index (χ1n) is 2.32. The smallest absolute Gasteiger partial charge is 0.000496 e. The van der Waals surface area contributed by atoms with Gasteiger partial charge in [0.05, 0.1) is 0 Å². The molecule has 0 spiro atoms. The van der Waals surface area contributed by atoms with Crippen molar-refractivity contribution >= 4 is 20.7 Å². The Morgan fingerprint density at radius 3 is 1.89 bits per heavy atom. The summed E-state index contributed by atoms with van der Waals surface area (Å²) < 4.78 is 0.0417. The fourth-order valence-corrected chi connectivity index (χ4v) is 0.278. The van der Waals surface area contributed by atoms with Crippen molar-refractivity contribution in [2.75, 3.05) is 0 Å². The topological polar surface area (TPSA) is 65.7 Å². The third-order valence-corrected chi connectivity index (χ3v) is 0.496. The third-order valence-electron chi connectivity index (χ3n) is 0.496. The maximum Gasteiger partial charge on any atom is 0.000496 e. The molecular weight excluding hydrogens is 181 g/mol. The van der Waals surface area contributed by atoms with Gasteiger partial charge in [-0.25, -0.2) is 0 Å². The van der Waals surface area contributed by atoms with Crippen LogP contribution in [0.2, 0.25) is 0 Å². The summed E-state index contributed by atoms with van der Waals surface area (Å²) in [4.78, 5) is 2.86. The molecule has 49 valence electrons. The molecule has 9 heavy (non-hydrogen) atoms. The van der Waals surface area contributed by atoms with E-state index in [1.165, 1.54) is 0 Å². The molecule has 1 radical (unpaired) electrons. The molecule has 0 amide bonds. The van der Waals surface area contributed by atoms with E-state index in [-0.39, 0.29) is 4.73 Å². The van der Waals surface area contributed by atoms with Crippen LogP contribution in [0.5, 0.6) is 0 Å². The predicted molar refractivity (Wildman–Crippen MR) is 38.5 cm³/mol. The summed E-state index contributed by atoms with van der Waals surface area (Å²) in [6.45, 7) is 0. The number of nitrogens with one attached hydrogen (secondary N) is 2. The minimum absolute atomic E-state index is 0.0417. The van der Waals surface area contributed by atoms with Crippen molar-refractivity contribution < 1.29 is 0 Å². The molecule has 1 rings (SSSR count). The molecule has 0 aliphatic carbocycles. The number of rotatable bonds is 0. The molecule has 0 unspecified atom stereocenters. The van der Waals surface area contributed by atoms with E-state index in [1.54, 1.807) is 0 Å². The van der Waals surface area contributed by atoms with E-state index >= 15 is 0 Å². The van der Waals surface area contributed by atoms with Gasteiger partial charge in [-0.05, 0) is 12.1 Å². The number of nitrogens with two attached hydrogens (primary N) is 1. The largest absolute Gasteiger partial charge is 0.368 e. The van der Waals surface area contributed by atoms with Crippen LogP contribution < -0.4 is 5.73 Å². The van der Waals surface area contributed by atoms with Crippen LogP contribution in [0.4, 0.5) is 0 Å². The first kappa shape index (κ1) is 8.27. The second-order valence-corrected chi connectivity index (χ2v) is 2.17. The Kier molecular flexibility index (Phi) is 4.97. The summed E-state index contributed by atoms with van der Waals surface area (Å²) in [5.41, 5.74) is 4.64. The van der Waals surface area contributed by atoms with Crippen molar-refractivity contribution in [3.8, 4) is 0 Å². The summed E-state index contributed by atoms with van der Waals surface area (Å²) in [6.07, 6.45) is 3.75. The van der Waals surface area contributed by atoms with Gasteiger partial charge in [0.25, 0.3) is 0 Å². The van der Waals surface area contributed by atoms with Gasteiger partial charge in [0.15, 0.2) is 0 Å². The number of H-pyrrole nitrogens is 1. The molecule has 0 aromatic carbocycles. The Hall–Kier alpha value is -0.731. The van der Waals surface area contributed by atoms with Crippen molar-refractivity contribution in [3.05, 3.63) is 24.5 Å². The minimum Gasteiger partial charge on any atom is -0.368 e. The standard InChI is InChI=1S/C4H5N.CH3N2Se/c1-2-4-5-3-1;2-1(3)4/h1-5H;(H3,2,3). The van der Waals surface area contributed by atoms with Gasteiger partial charge in [-0.1, -0.05) is 0 Å².